The van der Waals surface area contributed by atoms with E-state index in [0.29, 0.717) is 6.54 Å². The molecular formula is C19H18FNO3. The molecule has 0 fully saturated rings. The summed E-state index contributed by atoms with van der Waals surface area (Å²) in [6, 6.07) is 12.8. The number of carbonyl (C=O) groups excluding carboxylic acids is 2. The van der Waals surface area contributed by atoms with Crippen LogP contribution >= 0.6 is 0 Å². The van der Waals surface area contributed by atoms with Crippen LogP contribution in [0.2, 0.25) is 0 Å². The number of nitrogens with zero attached hydrogens (tertiary/aromatic N) is 1. The van der Waals surface area contributed by atoms with Crippen LogP contribution in [0.15, 0.2) is 48.5 Å². The second-order valence-electron chi connectivity index (χ2n) is 5.78. The van der Waals surface area contributed by atoms with Gasteiger partial charge in [0.2, 0.25) is 0 Å². The number of esters is 1. The van der Waals surface area contributed by atoms with E-state index in [1.807, 2.05) is 24.3 Å². The van der Waals surface area contributed by atoms with E-state index in [2.05, 4.69) is 0 Å². The summed E-state index contributed by atoms with van der Waals surface area (Å²) < 4.78 is 18.2. The molecule has 4 nitrogen and oxygen atoms in total. The van der Waals surface area contributed by atoms with Gasteiger partial charge in [-0.3, -0.25) is 4.79 Å². The Kier molecular flexibility index (Phi) is 4.60. The Bertz CT molecular complexity index is 757. The topological polar surface area (TPSA) is 46.6 Å². The van der Waals surface area contributed by atoms with Gasteiger partial charge in [-0.25, -0.2) is 9.18 Å². The standard InChI is InChI=1S/C19H18FNO3/c1-13(24-19(23)15-8-10-16(20)11-9-15)18(22)21-12-4-6-14-5-2-3-7-17(14)21/h2-3,5,7-11,13H,4,6,12H2,1H3. The molecule has 1 atom stereocenters. The van der Waals surface area contributed by atoms with Crippen molar-refractivity contribution >= 4 is 17.6 Å². The molecule has 1 aliphatic heterocycles. The minimum atomic E-state index is -0.909. The molecule has 5 heteroatoms. The summed E-state index contributed by atoms with van der Waals surface area (Å²) in [6.07, 6.45) is 0.902. The number of halogens is 1. The van der Waals surface area contributed by atoms with Crippen molar-refractivity contribution in [1.82, 2.24) is 0 Å². The summed E-state index contributed by atoms with van der Waals surface area (Å²) in [5.74, 6) is -1.32. The molecule has 3 rings (SSSR count). The zero-order chi connectivity index (χ0) is 17.1. The Morgan fingerprint density at radius 2 is 1.83 bits per heavy atom. The Morgan fingerprint density at radius 3 is 2.58 bits per heavy atom. The highest BCUT2D eigenvalue weighted by Gasteiger charge is 2.28. The molecule has 1 heterocycles. The molecule has 0 bridgehead atoms. The molecule has 0 aliphatic carbocycles. The molecule has 2 aromatic rings. The lowest BCUT2D eigenvalue weighted by molar-refractivity contribution is -0.126. The summed E-state index contributed by atoms with van der Waals surface area (Å²) in [4.78, 5) is 26.4. The average molecular weight is 327 g/mol. The van der Waals surface area contributed by atoms with E-state index >= 15 is 0 Å². The zero-order valence-electron chi connectivity index (χ0n) is 13.4. The van der Waals surface area contributed by atoms with Gasteiger partial charge in [0.25, 0.3) is 5.91 Å². The van der Waals surface area contributed by atoms with Crippen molar-refractivity contribution in [3.63, 3.8) is 0 Å². The lowest BCUT2D eigenvalue weighted by atomic mass is 10.0. The van der Waals surface area contributed by atoms with E-state index in [9.17, 15) is 14.0 Å². The van der Waals surface area contributed by atoms with Crippen molar-refractivity contribution in [3.05, 3.63) is 65.5 Å². The first-order chi connectivity index (χ1) is 11.6. The smallest absolute Gasteiger partial charge is 0.338 e. The number of ether oxygens (including phenoxy) is 1. The molecule has 124 valence electrons. The van der Waals surface area contributed by atoms with Crippen LogP contribution in [-0.4, -0.2) is 24.5 Å². The van der Waals surface area contributed by atoms with Gasteiger partial charge < -0.3 is 9.64 Å². The monoisotopic (exact) mass is 327 g/mol. The Labute approximate surface area is 139 Å². The number of hydrogen-bond donors (Lipinski definition) is 0. The lowest BCUT2D eigenvalue weighted by Gasteiger charge is -2.31. The van der Waals surface area contributed by atoms with Crippen molar-refractivity contribution in [2.45, 2.75) is 25.9 Å². The van der Waals surface area contributed by atoms with Crippen LogP contribution in [0.1, 0.15) is 29.3 Å². The van der Waals surface area contributed by atoms with Gasteiger partial charge in [-0.05, 0) is 55.7 Å². The van der Waals surface area contributed by atoms with E-state index in [-0.39, 0.29) is 11.5 Å². The highest BCUT2D eigenvalue weighted by molar-refractivity contribution is 5.99. The Morgan fingerprint density at radius 1 is 1.12 bits per heavy atom. The van der Waals surface area contributed by atoms with Gasteiger partial charge in [-0.2, -0.15) is 0 Å². The predicted octanol–water partition coefficient (Wildman–Crippen LogP) is 3.35. The van der Waals surface area contributed by atoms with E-state index in [1.165, 1.54) is 24.3 Å². The number of hydrogen-bond acceptors (Lipinski definition) is 3. The zero-order valence-corrected chi connectivity index (χ0v) is 13.4. The average Bonchev–Trinajstić information content (AvgIpc) is 2.61. The minimum Gasteiger partial charge on any atom is -0.449 e. The molecule has 1 aliphatic rings. The fourth-order valence-corrected chi connectivity index (χ4v) is 2.85. The second kappa shape index (κ2) is 6.83. The maximum absolute atomic E-state index is 12.9. The summed E-state index contributed by atoms with van der Waals surface area (Å²) in [7, 11) is 0. The number of rotatable bonds is 3. The second-order valence-corrected chi connectivity index (χ2v) is 5.78. The number of carbonyl (C=O) groups is 2. The maximum atomic E-state index is 12.9. The number of fused-ring (bicyclic) bond motifs is 1. The molecule has 0 aromatic heterocycles. The first-order valence-electron chi connectivity index (χ1n) is 7.92. The fourth-order valence-electron chi connectivity index (χ4n) is 2.85. The largest absolute Gasteiger partial charge is 0.449 e. The van der Waals surface area contributed by atoms with Gasteiger partial charge in [-0.15, -0.1) is 0 Å². The van der Waals surface area contributed by atoms with Crippen LogP contribution in [0.5, 0.6) is 0 Å². The van der Waals surface area contributed by atoms with Gasteiger partial charge in [-0.1, -0.05) is 18.2 Å². The van der Waals surface area contributed by atoms with Crippen molar-refractivity contribution < 1.29 is 18.7 Å². The SMILES string of the molecule is CC(OC(=O)c1ccc(F)cc1)C(=O)N1CCCc2ccccc21. The van der Waals surface area contributed by atoms with Crippen LogP contribution in [0.25, 0.3) is 0 Å². The molecule has 0 radical (unpaired) electrons. The van der Waals surface area contributed by atoms with Gasteiger partial charge in [0.1, 0.15) is 5.82 Å². The third-order valence-corrected chi connectivity index (χ3v) is 4.09. The van der Waals surface area contributed by atoms with E-state index in [4.69, 9.17) is 4.74 Å². The molecular weight excluding hydrogens is 309 g/mol. The number of amides is 1. The predicted molar refractivity (Wildman–Crippen MR) is 88.4 cm³/mol. The summed E-state index contributed by atoms with van der Waals surface area (Å²) in [5.41, 5.74) is 2.21. The Balaban J connectivity index is 1.71. The molecule has 1 unspecified atom stereocenters. The molecule has 0 saturated heterocycles. The van der Waals surface area contributed by atoms with Crippen LogP contribution < -0.4 is 4.90 Å². The van der Waals surface area contributed by atoms with E-state index < -0.39 is 17.9 Å². The molecule has 0 spiro atoms. The Hall–Kier alpha value is -2.69. The number of aryl methyl sites for hydroxylation is 1. The van der Waals surface area contributed by atoms with Crippen molar-refractivity contribution in [2.24, 2.45) is 0 Å². The molecule has 1 amide bonds. The number of benzene rings is 2. The minimum absolute atomic E-state index is 0.218. The van der Waals surface area contributed by atoms with E-state index in [1.54, 1.807) is 11.8 Å². The van der Waals surface area contributed by atoms with Gasteiger partial charge in [0.15, 0.2) is 6.10 Å². The lowest BCUT2D eigenvalue weighted by Crippen LogP contribution is -2.42. The van der Waals surface area contributed by atoms with Crippen LogP contribution in [0.4, 0.5) is 10.1 Å². The summed E-state index contributed by atoms with van der Waals surface area (Å²) in [5, 5.41) is 0. The summed E-state index contributed by atoms with van der Waals surface area (Å²) in [6.45, 7) is 2.16. The van der Waals surface area contributed by atoms with Crippen molar-refractivity contribution in [1.29, 1.82) is 0 Å². The normalized spacial score (nSPS) is 14.7. The maximum Gasteiger partial charge on any atom is 0.338 e. The van der Waals surface area contributed by atoms with Crippen LogP contribution in [0.3, 0.4) is 0 Å². The van der Waals surface area contributed by atoms with Crippen molar-refractivity contribution in [2.75, 3.05) is 11.4 Å². The molecule has 24 heavy (non-hydrogen) atoms. The number of anilines is 1. The first-order valence-corrected chi connectivity index (χ1v) is 7.92. The van der Waals surface area contributed by atoms with Crippen LogP contribution in [-0.2, 0) is 16.0 Å². The third-order valence-electron chi connectivity index (χ3n) is 4.09. The molecule has 0 saturated carbocycles. The number of para-hydroxylation sites is 1. The fraction of sp³-hybridized carbons (Fsp3) is 0.263. The quantitative estimate of drug-likeness (QED) is 0.812. The highest BCUT2D eigenvalue weighted by atomic mass is 19.1. The van der Waals surface area contributed by atoms with Gasteiger partial charge in [0.05, 0.1) is 5.56 Å². The third kappa shape index (κ3) is 3.30. The highest BCUT2D eigenvalue weighted by Crippen LogP contribution is 2.27. The van der Waals surface area contributed by atoms with Crippen molar-refractivity contribution in [3.8, 4) is 0 Å². The van der Waals surface area contributed by atoms with Crippen LogP contribution in [0, 0.1) is 5.82 Å². The van der Waals surface area contributed by atoms with Gasteiger partial charge in [0, 0.05) is 12.2 Å². The van der Waals surface area contributed by atoms with Gasteiger partial charge >= 0.3 is 5.97 Å². The van der Waals surface area contributed by atoms with E-state index in [0.717, 1.165) is 24.1 Å². The first kappa shape index (κ1) is 16.2. The molecule has 2 aromatic carbocycles. The summed E-state index contributed by atoms with van der Waals surface area (Å²) >= 11 is 0. The molecule has 0 N–H and O–H groups in total.